The molecule has 4 aromatic rings. The molecule has 1 heterocycles. The van der Waals surface area contributed by atoms with Gasteiger partial charge in [0.15, 0.2) is 11.6 Å². The van der Waals surface area contributed by atoms with Crippen LogP contribution in [0, 0.1) is 11.6 Å². The van der Waals surface area contributed by atoms with Crippen LogP contribution in [-0.4, -0.2) is 35.7 Å². The third kappa shape index (κ3) is 7.07. The molecular weight excluding hydrogens is 677 g/mol. The summed E-state index contributed by atoms with van der Waals surface area (Å²) in [5, 5.41) is 12.5. The van der Waals surface area contributed by atoms with E-state index in [9.17, 15) is 13.6 Å². The van der Waals surface area contributed by atoms with Gasteiger partial charge in [-0.05, 0) is 54.1 Å². The Balaban J connectivity index is 1.59. The van der Waals surface area contributed by atoms with E-state index >= 15 is 0 Å². The number of benzene rings is 4. The maximum Gasteiger partial charge on any atom is 0.252 e. The average molecular weight is 704 g/mol. The smallest absolute Gasteiger partial charge is 0.252 e. The van der Waals surface area contributed by atoms with Crippen LogP contribution < -0.4 is 10.1 Å². The Labute approximate surface area is 271 Å². The number of amides is 1. The predicted molar refractivity (Wildman–Crippen MR) is 169 cm³/mol. The normalized spacial score (nSPS) is 17.6. The molecule has 2 N–H and O–H groups in total. The summed E-state index contributed by atoms with van der Waals surface area (Å²) in [6, 6.07) is 22.5. The van der Waals surface area contributed by atoms with Crippen molar-refractivity contribution >= 4 is 50.9 Å². The predicted octanol–water partition coefficient (Wildman–Crippen LogP) is 7.61. The van der Waals surface area contributed by atoms with Gasteiger partial charge in [0.25, 0.3) is 5.91 Å². The molecule has 0 unspecified atom stereocenters. The molecule has 0 saturated carbocycles. The van der Waals surface area contributed by atoms with E-state index in [0.717, 1.165) is 22.2 Å². The minimum Gasteiger partial charge on any atom is -0.494 e. The minimum absolute atomic E-state index is 0.0207. The number of carbonyl (C=O) groups excluding carboxylic acids is 1. The first-order chi connectivity index (χ1) is 21.2. The van der Waals surface area contributed by atoms with E-state index in [0.29, 0.717) is 34.9 Å². The fraction of sp³-hybridized carbons (Fsp3) is 0.212. The Morgan fingerprint density at radius 3 is 2.50 bits per heavy atom. The number of aliphatic hydroxyl groups is 1. The molecule has 44 heavy (non-hydrogen) atoms. The summed E-state index contributed by atoms with van der Waals surface area (Å²) in [4.78, 5) is 19.3. The van der Waals surface area contributed by atoms with Crippen molar-refractivity contribution in [3.63, 3.8) is 0 Å². The van der Waals surface area contributed by atoms with Crippen LogP contribution in [0.25, 0.3) is 0 Å². The molecule has 1 aliphatic heterocycles. The van der Waals surface area contributed by atoms with Crippen molar-refractivity contribution in [1.82, 2.24) is 5.32 Å². The third-order valence-electron chi connectivity index (χ3n) is 7.15. The fourth-order valence-corrected chi connectivity index (χ4v) is 5.83. The maximum atomic E-state index is 14.5. The molecule has 6 nitrogen and oxygen atoms in total. The van der Waals surface area contributed by atoms with E-state index in [-0.39, 0.29) is 36.1 Å². The molecule has 1 amide bonds. The molecule has 0 aromatic heterocycles. The molecule has 0 saturated heterocycles. The van der Waals surface area contributed by atoms with Crippen LogP contribution in [0.1, 0.15) is 34.8 Å². The molecule has 0 radical (unpaired) electrons. The summed E-state index contributed by atoms with van der Waals surface area (Å²) in [7, 11) is 0. The summed E-state index contributed by atoms with van der Waals surface area (Å²) in [5.41, 5.74) is 0.336. The number of aliphatic hydroxyl groups excluding tert-OH is 1. The van der Waals surface area contributed by atoms with E-state index in [1.54, 1.807) is 42.5 Å². The lowest BCUT2D eigenvalue weighted by Crippen LogP contribution is -2.49. The first kappa shape index (κ1) is 31.9. The first-order valence-corrected chi connectivity index (χ1v) is 15.3. The van der Waals surface area contributed by atoms with Crippen LogP contribution in [0.4, 0.5) is 8.78 Å². The second-order valence-electron chi connectivity index (χ2n) is 10.1. The highest BCUT2D eigenvalue weighted by Gasteiger charge is 2.54. The largest absolute Gasteiger partial charge is 0.494 e. The molecule has 4 aromatic carbocycles. The number of aliphatic imine (C=N–C) groups is 1. The molecule has 2 atom stereocenters. The molecule has 0 aliphatic carbocycles. The number of ether oxygens (including phenoxy) is 2. The zero-order valence-electron chi connectivity index (χ0n) is 23.2. The van der Waals surface area contributed by atoms with Crippen LogP contribution >= 0.6 is 39.1 Å². The lowest BCUT2D eigenvalue weighted by Gasteiger charge is -2.31. The fourth-order valence-electron chi connectivity index (χ4n) is 4.90. The Hall–Kier alpha value is -3.50. The van der Waals surface area contributed by atoms with Crippen molar-refractivity contribution in [3.8, 4) is 5.75 Å². The van der Waals surface area contributed by atoms with Gasteiger partial charge in [0.05, 0.1) is 6.61 Å². The Bertz CT molecular complexity index is 1690. The maximum absolute atomic E-state index is 14.5. The zero-order valence-corrected chi connectivity index (χ0v) is 26.3. The molecule has 0 fully saturated rings. The van der Waals surface area contributed by atoms with E-state index in [4.69, 9.17) is 42.8 Å². The van der Waals surface area contributed by atoms with Crippen molar-refractivity contribution in [2.24, 2.45) is 4.99 Å². The molecule has 0 spiro atoms. The van der Waals surface area contributed by atoms with Gasteiger partial charge in [0.1, 0.15) is 17.4 Å². The second kappa shape index (κ2) is 14.1. The average Bonchev–Trinajstić information content (AvgIpc) is 3.38. The Morgan fingerprint density at radius 1 is 1.02 bits per heavy atom. The molecule has 11 heteroatoms. The van der Waals surface area contributed by atoms with E-state index in [1.165, 1.54) is 6.07 Å². The van der Waals surface area contributed by atoms with Crippen molar-refractivity contribution in [3.05, 3.63) is 133 Å². The van der Waals surface area contributed by atoms with E-state index in [1.807, 2.05) is 24.3 Å². The van der Waals surface area contributed by atoms with Gasteiger partial charge in [-0.15, -0.1) is 0 Å². The lowest BCUT2D eigenvalue weighted by molar-refractivity contribution is -0.129. The van der Waals surface area contributed by atoms with Crippen LogP contribution in [0.2, 0.25) is 10.0 Å². The lowest BCUT2D eigenvalue weighted by atomic mass is 9.82. The highest BCUT2D eigenvalue weighted by atomic mass is 79.9. The van der Waals surface area contributed by atoms with Gasteiger partial charge in [-0.1, -0.05) is 69.5 Å². The van der Waals surface area contributed by atoms with Gasteiger partial charge in [0.2, 0.25) is 5.90 Å². The van der Waals surface area contributed by atoms with Crippen LogP contribution in [0.5, 0.6) is 5.75 Å². The summed E-state index contributed by atoms with van der Waals surface area (Å²) >= 11 is 16.5. The highest BCUT2D eigenvalue weighted by Crippen LogP contribution is 2.45. The van der Waals surface area contributed by atoms with Gasteiger partial charge in [-0.2, -0.15) is 0 Å². The number of hydrogen-bond donors (Lipinski definition) is 2. The quantitative estimate of drug-likeness (QED) is 0.158. The standard InChI is InChI=1S/C33H27BrCl2F2N2O4/c34-27-5-2-1-4-21(27)18-33(32(42)39-19-22-6-10-24(37)17-29(22)38)30(26-13-9-23(35)16-28(26)36)44-31(40-33)20-7-11-25(12-8-20)43-15-3-14-41/h1-2,4-13,16-17,30,41H,3,14-15,18-19H2,(H,39,42)/t30-,33-/m1/s1. The molecule has 1 aliphatic rings. The molecule has 5 rings (SSSR count). The zero-order chi connectivity index (χ0) is 31.3. The van der Waals surface area contributed by atoms with Crippen molar-refractivity contribution in [2.45, 2.75) is 31.0 Å². The van der Waals surface area contributed by atoms with Crippen molar-refractivity contribution in [1.29, 1.82) is 0 Å². The van der Waals surface area contributed by atoms with Crippen molar-refractivity contribution < 1.29 is 28.2 Å². The van der Waals surface area contributed by atoms with E-state index < -0.39 is 29.2 Å². The Kier molecular flexibility index (Phi) is 10.2. The van der Waals surface area contributed by atoms with Gasteiger partial charge >= 0.3 is 0 Å². The van der Waals surface area contributed by atoms with Gasteiger partial charge in [-0.3, -0.25) is 4.79 Å². The van der Waals surface area contributed by atoms with Gasteiger partial charge < -0.3 is 19.9 Å². The summed E-state index contributed by atoms with van der Waals surface area (Å²) in [6.45, 7) is 0.162. The first-order valence-electron chi connectivity index (χ1n) is 13.7. The van der Waals surface area contributed by atoms with Gasteiger partial charge in [-0.25, -0.2) is 13.8 Å². The number of rotatable bonds is 11. The minimum atomic E-state index is -1.61. The van der Waals surface area contributed by atoms with Crippen molar-refractivity contribution in [2.75, 3.05) is 13.2 Å². The Morgan fingerprint density at radius 2 is 1.80 bits per heavy atom. The monoisotopic (exact) mass is 702 g/mol. The summed E-state index contributed by atoms with van der Waals surface area (Å²) in [6.07, 6.45) is -0.426. The summed E-state index contributed by atoms with van der Waals surface area (Å²) in [5.74, 6) is -1.26. The number of nitrogens with one attached hydrogen (secondary N) is 1. The van der Waals surface area contributed by atoms with Crippen LogP contribution in [-0.2, 0) is 22.5 Å². The SMILES string of the molecule is O=C(NCc1ccc(F)cc1F)[C@]1(Cc2ccccc2Br)N=C(c2ccc(OCCCO)cc2)O[C@@H]1c1ccc(Cl)cc1Cl. The van der Waals surface area contributed by atoms with Crippen LogP contribution in [0.3, 0.4) is 0 Å². The molecular formula is C33H27BrCl2F2N2O4. The molecule has 0 bridgehead atoms. The number of carbonyl (C=O) groups is 1. The third-order valence-corrected chi connectivity index (χ3v) is 8.48. The van der Waals surface area contributed by atoms with E-state index in [2.05, 4.69) is 21.2 Å². The number of nitrogens with zero attached hydrogens (tertiary/aromatic N) is 1. The van der Waals surface area contributed by atoms with Gasteiger partial charge in [0, 0.05) is 63.3 Å². The highest BCUT2D eigenvalue weighted by molar-refractivity contribution is 9.10. The molecule has 228 valence electrons. The number of hydrogen-bond acceptors (Lipinski definition) is 5. The summed E-state index contributed by atoms with van der Waals surface area (Å²) < 4.78 is 40.9. The topological polar surface area (TPSA) is 80.2 Å². The van der Waals surface area contributed by atoms with Crippen LogP contribution in [0.15, 0.2) is 94.4 Å². The number of halogens is 5. The second-order valence-corrected chi connectivity index (χ2v) is 11.8.